The van der Waals surface area contributed by atoms with Crippen molar-refractivity contribution >= 4 is 17.6 Å². The maximum Gasteiger partial charge on any atom is 0.514 e. The van der Waals surface area contributed by atoms with Gasteiger partial charge in [-0.3, -0.25) is 9.47 Å². The maximum atomic E-state index is 17.2. The maximum absolute atomic E-state index is 17.2. The molecule has 0 bridgehead atoms. The Hall–Kier alpha value is -3.39. The predicted molar refractivity (Wildman–Crippen MR) is 186 cm³/mol. The van der Waals surface area contributed by atoms with Gasteiger partial charge in [-0.05, 0) is 0 Å². The Balaban J connectivity index is 5.37. The van der Waals surface area contributed by atoms with Gasteiger partial charge >= 0.3 is 143 Å². The summed E-state index contributed by atoms with van der Waals surface area (Å²) in [6.07, 6.45) is -81.6. The predicted octanol–water partition coefficient (Wildman–Crippen LogP) is 16.9. The van der Waals surface area contributed by atoms with Crippen LogP contribution < -0.4 is 0 Å². The quantitative estimate of drug-likeness (QED) is 0.0454. The van der Waals surface area contributed by atoms with Crippen LogP contribution in [0.5, 0.6) is 0 Å². The van der Waals surface area contributed by atoms with Crippen molar-refractivity contribution in [3.05, 3.63) is 0 Å². The number of hydrogen-bond donors (Lipinski definition) is 0. The van der Waals surface area contributed by atoms with Crippen LogP contribution in [0, 0.1) is 0 Å². The summed E-state index contributed by atoms with van der Waals surface area (Å²) in [5, 5.41) is 0. The molecule has 1 aliphatic rings. The van der Waals surface area contributed by atoms with E-state index in [1.165, 1.54) is 0 Å². The molecule has 0 aromatic heterocycles. The van der Waals surface area contributed by atoms with Crippen LogP contribution in [0.3, 0.4) is 0 Å². The highest BCUT2D eigenvalue weighted by Crippen LogP contribution is 2.65. The SMILES string of the molecule is FCC(F)(F)C(F)(F)C(F)(F)O[Si](CCC1(F)OC(C(F)(F)F)(C(F)(F)F)OC1(F)CC[Si](OC(F)(F)C(F)(F)C(F)(F)CF)(OC(F)(F)C(F)(F)C(F)(F)CF)OC(F)(F)C(F)(F)C(F)(F)CF)(OC(F)(F)C(F)(F)C(F)(F)CF)OC(F)(F)C(F)(F)C(F)(F)CF. The summed E-state index contributed by atoms with van der Waals surface area (Å²) in [6.45, 7) is -27.9. The van der Waals surface area contributed by atoms with Crippen molar-refractivity contribution in [3.8, 4) is 0 Å². The molecule has 0 aromatic rings. The van der Waals surface area contributed by atoms with Crippen molar-refractivity contribution in [2.75, 3.05) is 40.0 Å². The van der Waals surface area contributed by atoms with Gasteiger partial charge in [-0.2, -0.15) is 184 Å². The summed E-state index contributed by atoms with van der Waals surface area (Å²) in [7, 11) is -22.0. The van der Waals surface area contributed by atoms with Gasteiger partial charge in [-0.1, -0.05) is 0 Å². The van der Waals surface area contributed by atoms with E-state index in [-0.39, 0.29) is 0 Å². The van der Waals surface area contributed by atoms with E-state index in [4.69, 9.17) is 0 Å². The summed E-state index contributed by atoms with van der Waals surface area (Å²) >= 11 is 0. The zero-order chi connectivity index (χ0) is 75.2. The Morgan fingerprint density at radius 2 is 0.366 bits per heavy atom. The van der Waals surface area contributed by atoms with Gasteiger partial charge in [0.1, 0.15) is 0 Å². The first-order valence-corrected chi connectivity index (χ1v) is 25.3. The summed E-state index contributed by atoms with van der Waals surface area (Å²) in [5.41, 5.74) is 0. The molecular weight excluding hydrogens is 1530 g/mol. The van der Waals surface area contributed by atoms with Crippen LogP contribution >= 0.6 is 0 Å². The largest absolute Gasteiger partial charge is 0.514 e. The fourth-order valence-electron chi connectivity index (χ4n) is 5.89. The molecule has 1 saturated heterocycles. The second-order valence-electron chi connectivity index (χ2n) is 17.8. The third kappa shape index (κ3) is 14.8. The molecule has 0 spiro atoms. The van der Waals surface area contributed by atoms with Gasteiger partial charge in [0.15, 0.2) is 40.0 Å². The lowest BCUT2D eigenvalue weighted by atomic mass is 10.0. The van der Waals surface area contributed by atoms with Gasteiger partial charge in [0.25, 0.3) is 11.7 Å². The third-order valence-corrected chi connectivity index (χ3v) is 16.2. The highest BCUT2D eigenvalue weighted by atomic mass is 28.4. The fraction of sp³-hybridized carbons (Fsp3) is 1.00. The zero-order valence-corrected chi connectivity index (χ0v) is 43.7. The van der Waals surface area contributed by atoms with Crippen LogP contribution in [0.1, 0.15) is 12.8 Å². The summed E-state index contributed by atoms with van der Waals surface area (Å²) in [5.74, 6) is -123. The second kappa shape index (κ2) is 25.1. The minimum atomic E-state index is -11.0. The summed E-state index contributed by atoms with van der Waals surface area (Å²) in [4.78, 5) is 0. The summed E-state index contributed by atoms with van der Waals surface area (Å²) < 4.78 is 738. The van der Waals surface area contributed by atoms with Crippen molar-refractivity contribution in [1.82, 2.24) is 0 Å². The first-order valence-electron chi connectivity index (χ1n) is 21.5. The first-order chi connectivity index (χ1) is 40.2. The van der Waals surface area contributed by atoms with Gasteiger partial charge in [0.2, 0.25) is 0 Å². The molecule has 1 rings (SSSR count). The number of hydrogen-bond acceptors (Lipinski definition) is 8. The van der Waals surface area contributed by atoms with Crippen molar-refractivity contribution in [2.24, 2.45) is 0 Å². The molecule has 93 heavy (non-hydrogen) atoms. The van der Waals surface area contributed by atoms with E-state index >= 15 is 61.5 Å². The standard InChI is InChI=1S/C33H20F50O8Si2/c34-5-11(40,41)19(54,55)28(72,73)86-92(87-29(74,75)20(56,57)12(42,43)6-35,88-30(76,77)21(58,59)13(44,45)7-36)3-1-17(52)18(53,85-25(84-17,26(66,67)68)27(69,70)71)2-4-93(89-31(78,79)22(60,61)14(46,47)8-37,90-32(80,81)23(62,63)15(48,49)9-38)91-33(82,83)24(64,65)16(50,51)10-39/h1-10H2. The highest BCUT2D eigenvalue weighted by Gasteiger charge is 2.90. The lowest BCUT2D eigenvalue weighted by molar-refractivity contribution is -0.459. The second-order valence-corrected chi connectivity index (χ2v) is 22.8. The zero-order valence-electron chi connectivity index (χ0n) is 41.7. The van der Waals surface area contributed by atoms with Crippen LogP contribution in [0.2, 0.25) is 12.1 Å². The van der Waals surface area contributed by atoms with Gasteiger partial charge in [0.05, 0.1) is 0 Å². The topological polar surface area (TPSA) is 73.8 Å². The minimum Gasteiger partial charge on any atom is -0.308 e. The molecule has 0 saturated carbocycles. The molecule has 1 heterocycles. The van der Waals surface area contributed by atoms with Gasteiger partial charge in [-0.15, -0.1) is 0 Å². The molecule has 0 radical (unpaired) electrons. The molecule has 2 atom stereocenters. The van der Waals surface area contributed by atoms with Crippen molar-refractivity contribution in [3.63, 3.8) is 0 Å². The van der Waals surface area contributed by atoms with E-state index in [0.717, 1.165) is 0 Å². The molecular formula is C33H20F50O8Si2. The monoisotopic (exact) mass is 1550 g/mol. The van der Waals surface area contributed by atoms with Gasteiger partial charge in [-0.25, -0.2) is 35.1 Å². The van der Waals surface area contributed by atoms with Crippen molar-refractivity contribution in [1.29, 1.82) is 0 Å². The molecule has 2 unspecified atom stereocenters. The lowest BCUT2D eigenvalue weighted by Crippen LogP contribution is -2.70. The number of halogens is 50. The van der Waals surface area contributed by atoms with E-state index < -0.39 is 220 Å². The molecule has 0 aliphatic carbocycles. The van der Waals surface area contributed by atoms with E-state index in [2.05, 4.69) is 9.47 Å². The molecule has 60 heteroatoms. The van der Waals surface area contributed by atoms with Crippen LogP contribution in [-0.2, 0) is 36.0 Å². The van der Waals surface area contributed by atoms with Gasteiger partial charge in [0, 0.05) is 24.9 Å². The first kappa shape index (κ1) is 87.6. The third-order valence-electron chi connectivity index (χ3n) is 11.1. The lowest BCUT2D eigenvalue weighted by Gasteiger charge is -2.44. The number of rotatable bonds is 36. The molecule has 1 fully saturated rings. The highest BCUT2D eigenvalue weighted by molar-refractivity contribution is 6.61. The average Bonchev–Trinajstić information content (AvgIpc) is 1.62. The van der Waals surface area contributed by atoms with E-state index in [9.17, 15) is 158 Å². The van der Waals surface area contributed by atoms with Crippen molar-refractivity contribution < 1.29 is 256 Å². The van der Waals surface area contributed by atoms with Crippen LogP contribution in [0.15, 0.2) is 0 Å². The molecule has 8 nitrogen and oxygen atoms in total. The Kier molecular flexibility index (Phi) is 23.7. The van der Waals surface area contributed by atoms with Crippen LogP contribution in [0.4, 0.5) is 220 Å². The fourth-order valence-corrected chi connectivity index (χ4v) is 11.1. The average molecular weight is 1550 g/mol. The van der Waals surface area contributed by atoms with E-state index in [0.29, 0.717) is 0 Å². The Labute approximate surface area is 476 Å². The Morgan fingerprint density at radius 3 is 0.473 bits per heavy atom. The van der Waals surface area contributed by atoms with E-state index in [1.807, 2.05) is 26.6 Å². The smallest absolute Gasteiger partial charge is 0.308 e. The van der Waals surface area contributed by atoms with Gasteiger partial charge < -0.3 is 26.6 Å². The Morgan fingerprint density at radius 1 is 0.237 bits per heavy atom. The van der Waals surface area contributed by atoms with E-state index in [1.54, 1.807) is 0 Å². The molecule has 0 aromatic carbocycles. The minimum absolute atomic E-state index is 1.93. The molecule has 0 amide bonds. The van der Waals surface area contributed by atoms with Crippen molar-refractivity contribution in [2.45, 2.75) is 163 Å². The molecule has 1 aliphatic heterocycles. The van der Waals surface area contributed by atoms with Crippen LogP contribution in [0.25, 0.3) is 0 Å². The molecule has 0 N–H and O–H groups in total. The number of ether oxygens (including phenoxy) is 2. The molecule has 558 valence electrons. The normalized spacial score (nSPS) is 20.7. The van der Waals surface area contributed by atoms with Crippen LogP contribution in [-0.4, -0.2) is 195 Å². The number of alkyl halides is 50. The Bertz CT molecular complexity index is 2150. The summed E-state index contributed by atoms with van der Waals surface area (Å²) in [6, 6.07) is -10.7.